The van der Waals surface area contributed by atoms with Crippen molar-refractivity contribution in [3.05, 3.63) is 34.2 Å². The number of rotatable bonds is 3. The minimum atomic E-state index is -0.00869. The van der Waals surface area contributed by atoms with E-state index in [0.717, 1.165) is 37.2 Å². The number of hydrogen-bond donors (Lipinski definition) is 0. The second-order valence-electron chi connectivity index (χ2n) is 6.43. The van der Waals surface area contributed by atoms with Crippen molar-refractivity contribution in [3.8, 4) is 5.75 Å². The van der Waals surface area contributed by atoms with Crippen LogP contribution in [0.4, 0.5) is 0 Å². The number of thioether (sulfide) groups is 1. The van der Waals surface area contributed by atoms with E-state index in [0.29, 0.717) is 15.8 Å². The van der Waals surface area contributed by atoms with Gasteiger partial charge in [-0.3, -0.25) is 9.69 Å². The lowest BCUT2D eigenvalue weighted by atomic mass is 10.1. The molecule has 0 unspecified atom stereocenters. The van der Waals surface area contributed by atoms with Crippen molar-refractivity contribution in [2.24, 2.45) is 0 Å². The zero-order chi connectivity index (χ0) is 16.7. The number of benzene rings is 1. The smallest absolute Gasteiger partial charge is 0.266 e. The standard InChI is InChI=1S/C18H19NO3S2/c1-11-7-13-8-12(4-5-15(13)22-11)9-16-17(20)19(18(23)24-16)10-14-3-2-6-21-14/h4-5,8-9,11,14H,2-3,6-7,10H2,1H3/b16-9-/t11-,14-/m1/s1. The van der Waals surface area contributed by atoms with Gasteiger partial charge in [-0.25, -0.2) is 0 Å². The topological polar surface area (TPSA) is 38.8 Å². The van der Waals surface area contributed by atoms with Gasteiger partial charge in [0.05, 0.1) is 17.6 Å². The molecule has 0 aromatic heterocycles. The molecule has 2 atom stereocenters. The summed E-state index contributed by atoms with van der Waals surface area (Å²) in [5.41, 5.74) is 2.22. The van der Waals surface area contributed by atoms with E-state index in [1.165, 1.54) is 17.3 Å². The highest BCUT2D eigenvalue weighted by molar-refractivity contribution is 8.26. The van der Waals surface area contributed by atoms with Crippen LogP contribution in [-0.2, 0) is 16.0 Å². The lowest BCUT2D eigenvalue weighted by molar-refractivity contribution is -0.123. The molecule has 3 aliphatic rings. The summed E-state index contributed by atoms with van der Waals surface area (Å²) in [6.45, 7) is 3.42. The molecule has 1 aromatic carbocycles. The number of nitrogens with zero attached hydrogens (tertiary/aromatic N) is 1. The molecule has 126 valence electrons. The molecule has 1 amide bonds. The highest BCUT2D eigenvalue weighted by atomic mass is 32.2. The number of carbonyl (C=O) groups is 1. The van der Waals surface area contributed by atoms with Gasteiger partial charge in [-0.15, -0.1) is 0 Å². The van der Waals surface area contributed by atoms with Crippen LogP contribution in [0.25, 0.3) is 6.08 Å². The summed E-state index contributed by atoms with van der Waals surface area (Å²) in [5.74, 6) is 0.941. The molecule has 0 radical (unpaired) electrons. The average molecular weight is 361 g/mol. The number of thiocarbonyl (C=S) groups is 1. The first-order valence-electron chi connectivity index (χ1n) is 8.27. The average Bonchev–Trinajstić information content (AvgIpc) is 3.23. The highest BCUT2D eigenvalue weighted by Crippen LogP contribution is 2.35. The third-order valence-electron chi connectivity index (χ3n) is 4.50. The van der Waals surface area contributed by atoms with Gasteiger partial charge in [0, 0.05) is 13.0 Å². The molecule has 0 saturated carbocycles. The first-order chi connectivity index (χ1) is 11.6. The van der Waals surface area contributed by atoms with Gasteiger partial charge in [0.15, 0.2) is 0 Å². The molecular weight excluding hydrogens is 342 g/mol. The summed E-state index contributed by atoms with van der Waals surface area (Å²) >= 11 is 6.77. The van der Waals surface area contributed by atoms with E-state index >= 15 is 0 Å². The van der Waals surface area contributed by atoms with Crippen LogP contribution in [0, 0.1) is 0 Å². The van der Waals surface area contributed by atoms with E-state index in [9.17, 15) is 4.79 Å². The van der Waals surface area contributed by atoms with Crippen molar-refractivity contribution in [2.75, 3.05) is 13.2 Å². The van der Waals surface area contributed by atoms with E-state index in [1.807, 2.05) is 18.2 Å². The molecule has 6 heteroatoms. The maximum Gasteiger partial charge on any atom is 0.266 e. The summed E-state index contributed by atoms with van der Waals surface area (Å²) in [6.07, 6.45) is 5.24. The van der Waals surface area contributed by atoms with Gasteiger partial charge in [-0.1, -0.05) is 30.0 Å². The molecule has 2 fully saturated rings. The molecule has 4 nitrogen and oxygen atoms in total. The second-order valence-corrected chi connectivity index (χ2v) is 8.10. The summed E-state index contributed by atoms with van der Waals surface area (Å²) in [4.78, 5) is 15.0. The molecule has 1 aromatic rings. The Kier molecular flexibility index (Phi) is 4.37. The minimum absolute atomic E-state index is 0.00869. The fourth-order valence-corrected chi connectivity index (χ4v) is 4.61. The summed E-state index contributed by atoms with van der Waals surface area (Å²) in [5, 5.41) is 0. The van der Waals surface area contributed by atoms with Gasteiger partial charge in [0.25, 0.3) is 5.91 Å². The first kappa shape index (κ1) is 16.1. The van der Waals surface area contributed by atoms with Crippen molar-refractivity contribution in [3.63, 3.8) is 0 Å². The Labute approximate surface area is 151 Å². The Morgan fingerprint density at radius 1 is 1.46 bits per heavy atom. The normalized spacial score (nSPS) is 27.9. The second kappa shape index (κ2) is 6.50. The fraction of sp³-hybridized carbons (Fsp3) is 0.444. The van der Waals surface area contributed by atoms with Crippen molar-refractivity contribution in [1.82, 2.24) is 4.90 Å². The van der Waals surface area contributed by atoms with E-state index in [-0.39, 0.29) is 18.1 Å². The largest absolute Gasteiger partial charge is 0.490 e. The molecule has 4 rings (SSSR count). The van der Waals surface area contributed by atoms with Crippen LogP contribution in [0.1, 0.15) is 30.9 Å². The molecule has 0 N–H and O–H groups in total. The zero-order valence-corrected chi connectivity index (χ0v) is 15.1. The molecule has 24 heavy (non-hydrogen) atoms. The Hall–Kier alpha value is -1.37. The zero-order valence-electron chi connectivity index (χ0n) is 13.5. The molecule has 3 aliphatic heterocycles. The summed E-state index contributed by atoms with van der Waals surface area (Å²) in [6, 6.07) is 6.08. The van der Waals surface area contributed by atoms with Crippen LogP contribution >= 0.6 is 24.0 Å². The molecule has 0 bridgehead atoms. The number of fused-ring (bicyclic) bond motifs is 1. The lowest BCUT2D eigenvalue weighted by Crippen LogP contribution is -2.35. The molecular formula is C18H19NO3S2. The van der Waals surface area contributed by atoms with Crippen molar-refractivity contribution >= 4 is 40.3 Å². The van der Waals surface area contributed by atoms with Crippen molar-refractivity contribution in [2.45, 2.75) is 38.4 Å². The minimum Gasteiger partial charge on any atom is -0.490 e. The predicted molar refractivity (Wildman–Crippen MR) is 99.1 cm³/mol. The Morgan fingerprint density at radius 3 is 3.12 bits per heavy atom. The van der Waals surface area contributed by atoms with Crippen LogP contribution in [0.3, 0.4) is 0 Å². The van der Waals surface area contributed by atoms with Crippen LogP contribution in [-0.4, -0.2) is 40.5 Å². The van der Waals surface area contributed by atoms with Crippen molar-refractivity contribution in [1.29, 1.82) is 0 Å². The van der Waals surface area contributed by atoms with Crippen LogP contribution in [0.2, 0.25) is 0 Å². The maximum atomic E-state index is 12.7. The predicted octanol–water partition coefficient (Wildman–Crippen LogP) is 3.39. The lowest BCUT2D eigenvalue weighted by Gasteiger charge is -2.18. The number of amides is 1. The molecule has 0 aliphatic carbocycles. The molecule has 3 heterocycles. The van der Waals surface area contributed by atoms with Crippen LogP contribution in [0.5, 0.6) is 5.75 Å². The third-order valence-corrected chi connectivity index (χ3v) is 5.88. The fourth-order valence-electron chi connectivity index (χ4n) is 3.33. The summed E-state index contributed by atoms with van der Waals surface area (Å²) < 4.78 is 12.0. The van der Waals surface area contributed by atoms with Gasteiger partial charge >= 0.3 is 0 Å². The SMILES string of the molecule is C[C@@H]1Cc2cc(/C=C3\SC(=S)N(C[C@H]4CCCO4)C3=O)ccc2O1. The van der Waals surface area contributed by atoms with Gasteiger partial charge < -0.3 is 9.47 Å². The Balaban J connectivity index is 1.52. The number of hydrogen-bond acceptors (Lipinski definition) is 5. The third kappa shape index (κ3) is 3.10. The highest BCUT2D eigenvalue weighted by Gasteiger charge is 2.34. The van der Waals surface area contributed by atoms with Crippen molar-refractivity contribution < 1.29 is 14.3 Å². The Bertz CT molecular complexity index is 725. The van der Waals surface area contributed by atoms with E-state index in [2.05, 4.69) is 13.0 Å². The van der Waals surface area contributed by atoms with E-state index < -0.39 is 0 Å². The number of ether oxygens (including phenoxy) is 2. The van der Waals surface area contributed by atoms with Gasteiger partial charge in [0.2, 0.25) is 0 Å². The van der Waals surface area contributed by atoms with Crippen LogP contribution < -0.4 is 4.74 Å². The Morgan fingerprint density at radius 2 is 2.33 bits per heavy atom. The van der Waals surface area contributed by atoms with Crippen LogP contribution in [0.15, 0.2) is 23.1 Å². The monoisotopic (exact) mass is 361 g/mol. The van der Waals surface area contributed by atoms with Gasteiger partial charge in [-0.2, -0.15) is 0 Å². The molecule has 2 saturated heterocycles. The quantitative estimate of drug-likeness (QED) is 0.609. The first-order valence-corrected chi connectivity index (χ1v) is 9.49. The summed E-state index contributed by atoms with van der Waals surface area (Å²) in [7, 11) is 0. The van der Waals surface area contributed by atoms with E-state index in [4.69, 9.17) is 21.7 Å². The number of carbonyl (C=O) groups excluding carboxylic acids is 1. The van der Waals surface area contributed by atoms with Gasteiger partial charge in [-0.05, 0) is 49.1 Å². The molecule has 0 spiro atoms. The maximum absolute atomic E-state index is 12.7. The van der Waals surface area contributed by atoms with Gasteiger partial charge in [0.1, 0.15) is 16.2 Å². The van der Waals surface area contributed by atoms with E-state index in [1.54, 1.807) is 4.90 Å².